The Bertz CT molecular complexity index is 851. The Labute approximate surface area is 128 Å². The predicted octanol–water partition coefficient (Wildman–Crippen LogP) is 3.68. The van der Waals surface area contributed by atoms with E-state index in [-0.39, 0.29) is 5.91 Å². The molecule has 0 atom stereocenters. The first kappa shape index (κ1) is 14.0. The summed E-state index contributed by atoms with van der Waals surface area (Å²) in [4.78, 5) is 22.4. The third-order valence-corrected chi connectivity index (χ3v) is 3.71. The molecule has 3 rings (SSSR count). The largest absolute Gasteiger partial charge is 0.355 e. The van der Waals surface area contributed by atoms with Gasteiger partial charge in [-0.25, -0.2) is 0 Å². The Morgan fingerprint density at radius 2 is 1.50 bits per heavy atom. The molecule has 1 N–H and O–H groups in total. The molecule has 0 aliphatic carbocycles. The zero-order valence-electron chi connectivity index (χ0n) is 12.2. The fraction of sp³-hybridized carbons (Fsp3) is 0.0526. The second kappa shape index (κ2) is 5.82. The van der Waals surface area contributed by atoms with Crippen LogP contribution < -0.4 is 5.32 Å². The van der Waals surface area contributed by atoms with Crippen LogP contribution in [0.1, 0.15) is 20.7 Å². The third kappa shape index (κ3) is 2.61. The van der Waals surface area contributed by atoms with E-state index < -0.39 is 0 Å². The molecule has 0 bridgehead atoms. The molecule has 0 saturated heterocycles. The number of carbonyl (C=O) groups is 2. The van der Waals surface area contributed by atoms with Crippen molar-refractivity contribution in [3.8, 4) is 11.1 Å². The van der Waals surface area contributed by atoms with Gasteiger partial charge in [0.2, 0.25) is 0 Å². The van der Waals surface area contributed by atoms with Crippen LogP contribution in [-0.4, -0.2) is 19.2 Å². The van der Waals surface area contributed by atoms with E-state index in [2.05, 4.69) is 11.4 Å². The van der Waals surface area contributed by atoms with Crippen molar-refractivity contribution < 1.29 is 9.59 Å². The molecule has 0 aliphatic rings. The van der Waals surface area contributed by atoms with E-state index in [1.807, 2.05) is 42.5 Å². The van der Waals surface area contributed by atoms with Crippen molar-refractivity contribution in [1.29, 1.82) is 0 Å². The van der Waals surface area contributed by atoms with Crippen LogP contribution >= 0.6 is 0 Å². The number of hydrogen-bond acceptors (Lipinski definition) is 2. The number of amides is 1. The standard InChI is InChI=1S/C19H15NO2/c1-20-19(22)18-9-8-16-10-15(6-7-17(16)11-18)14-4-2-13(12-21)3-5-14/h2-12H,1H3,(H,20,22). The van der Waals surface area contributed by atoms with Crippen molar-refractivity contribution in [2.45, 2.75) is 0 Å². The Morgan fingerprint density at radius 1 is 0.864 bits per heavy atom. The van der Waals surface area contributed by atoms with Crippen LogP contribution in [0.2, 0.25) is 0 Å². The lowest BCUT2D eigenvalue weighted by atomic mass is 9.99. The van der Waals surface area contributed by atoms with Gasteiger partial charge in [0.05, 0.1) is 0 Å². The van der Waals surface area contributed by atoms with Crippen LogP contribution in [0, 0.1) is 0 Å². The molecule has 108 valence electrons. The van der Waals surface area contributed by atoms with Crippen molar-refractivity contribution in [3.63, 3.8) is 0 Å². The lowest BCUT2D eigenvalue weighted by Gasteiger charge is -2.06. The number of benzene rings is 3. The fourth-order valence-corrected chi connectivity index (χ4v) is 2.47. The molecule has 22 heavy (non-hydrogen) atoms. The molecule has 0 spiro atoms. The molecule has 3 aromatic carbocycles. The molecule has 0 saturated carbocycles. The van der Waals surface area contributed by atoms with Crippen molar-refractivity contribution in [2.75, 3.05) is 7.05 Å². The Balaban J connectivity index is 2.02. The van der Waals surface area contributed by atoms with E-state index in [9.17, 15) is 9.59 Å². The highest BCUT2D eigenvalue weighted by atomic mass is 16.1. The Morgan fingerprint density at radius 3 is 2.18 bits per heavy atom. The highest BCUT2D eigenvalue weighted by molar-refractivity contribution is 5.99. The number of carbonyl (C=O) groups excluding carboxylic acids is 2. The molecule has 3 heteroatoms. The van der Waals surface area contributed by atoms with Gasteiger partial charge in [-0.05, 0) is 40.1 Å². The third-order valence-electron chi connectivity index (χ3n) is 3.71. The Kier molecular flexibility index (Phi) is 3.71. The van der Waals surface area contributed by atoms with Gasteiger partial charge in [-0.3, -0.25) is 9.59 Å². The summed E-state index contributed by atoms with van der Waals surface area (Å²) in [6.45, 7) is 0. The summed E-state index contributed by atoms with van der Waals surface area (Å²) in [5.41, 5.74) is 3.46. The number of nitrogens with one attached hydrogen (secondary N) is 1. The first-order chi connectivity index (χ1) is 10.7. The van der Waals surface area contributed by atoms with Gasteiger partial charge in [0.15, 0.2) is 0 Å². The molecule has 3 aromatic rings. The van der Waals surface area contributed by atoms with E-state index in [1.54, 1.807) is 19.2 Å². The normalized spacial score (nSPS) is 10.4. The highest BCUT2D eigenvalue weighted by Gasteiger charge is 2.05. The average Bonchev–Trinajstić information content (AvgIpc) is 2.60. The molecular formula is C19H15NO2. The van der Waals surface area contributed by atoms with Gasteiger partial charge in [0, 0.05) is 18.2 Å². The minimum atomic E-state index is -0.0876. The van der Waals surface area contributed by atoms with E-state index in [0.717, 1.165) is 28.2 Å². The molecule has 0 fully saturated rings. The monoisotopic (exact) mass is 289 g/mol. The van der Waals surface area contributed by atoms with Gasteiger partial charge in [-0.15, -0.1) is 0 Å². The molecule has 0 aromatic heterocycles. The molecule has 0 aliphatic heterocycles. The van der Waals surface area contributed by atoms with Crippen LogP contribution in [0.4, 0.5) is 0 Å². The van der Waals surface area contributed by atoms with Crippen LogP contribution in [0.15, 0.2) is 60.7 Å². The maximum atomic E-state index is 11.7. The van der Waals surface area contributed by atoms with Crippen molar-refractivity contribution in [3.05, 3.63) is 71.8 Å². The minimum Gasteiger partial charge on any atom is -0.355 e. The number of aldehydes is 1. The second-order valence-corrected chi connectivity index (χ2v) is 5.10. The van der Waals surface area contributed by atoms with Gasteiger partial charge in [-0.1, -0.05) is 42.5 Å². The van der Waals surface area contributed by atoms with Crippen LogP contribution in [0.5, 0.6) is 0 Å². The summed E-state index contributed by atoms with van der Waals surface area (Å²) in [5, 5.41) is 4.72. The number of fused-ring (bicyclic) bond motifs is 1. The molecule has 3 nitrogen and oxygen atoms in total. The fourth-order valence-electron chi connectivity index (χ4n) is 2.47. The van der Waals surface area contributed by atoms with E-state index in [4.69, 9.17) is 0 Å². The summed E-state index contributed by atoms with van der Waals surface area (Å²) in [5.74, 6) is -0.0876. The molecule has 0 radical (unpaired) electrons. The summed E-state index contributed by atoms with van der Waals surface area (Å²) < 4.78 is 0. The SMILES string of the molecule is CNC(=O)c1ccc2cc(-c3ccc(C=O)cc3)ccc2c1. The highest BCUT2D eigenvalue weighted by Crippen LogP contribution is 2.25. The second-order valence-electron chi connectivity index (χ2n) is 5.10. The van der Waals surface area contributed by atoms with Crippen molar-refractivity contribution in [2.24, 2.45) is 0 Å². The first-order valence-electron chi connectivity index (χ1n) is 7.03. The van der Waals surface area contributed by atoms with Crippen LogP contribution in [0.25, 0.3) is 21.9 Å². The number of hydrogen-bond donors (Lipinski definition) is 1. The lowest BCUT2D eigenvalue weighted by Crippen LogP contribution is -2.17. The van der Waals surface area contributed by atoms with E-state index >= 15 is 0 Å². The maximum absolute atomic E-state index is 11.7. The maximum Gasteiger partial charge on any atom is 0.251 e. The van der Waals surface area contributed by atoms with Crippen molar-refractivity contribution >= 4 is 23.0 Å². The zero-order chi connectivity index (χ0) is 15.5. The summed E-state index contributed by atoms with van der Waals surface area (Å²) in [6.07, 6.45) is 0.838. The first-order valence-corrected chi connectivity index (χ1v) is 7.03. The van der Waals surface area contributed by atoms with Gasteiger partial charge in [0.25, 0.3) is 5.91 Å². The minimum absolute atomic E-state index is 0.0876. The van der Waals surface area contributed by atoms with Crippen LogP contribution in [-0.2, 0) is 0 Å². The summed E-state index contributed by atoms with van der Waals surface area (Å²) in [7, 11) is 1.62. The molecular weight excluding hydrogens is 274 g/mol. The van der Waals surface area contributed by atoms with E-state index in [1.165, 1.54) is 0 Å². The summed E-state index contributed by atoms with van der Waals surface area (Å²) in [6, 6.07) is 19.2. The lowest BCUT2D eigenvalue weighted by molar-refractivity contribution is 0.0963. The average molecular weight is 289 g/mol. The van der Waals surface area contributed by atoms with Gasteiger partial charge < -0.3 is 5.32 Å². The Hall–Kier alpha value is -2.94. The van der Waals surface area contributed by atoms with Crippen molar-refractivity contribution in [1.82, 2.24) is 5.32 Å². The van der Waals surface area contributed by atoms with Crippen LogP contribution in [0.3, 0.4) is 0 Å². The smallest absolute Gasteiger partial charge is 0.251 e. The van der Waals surface area contributed by atoms with Gasteiger partial charge >= 0.3 is 0 Å². The topological polar surface area (TPSA) is 46.2 Å². The van der Waals surface area contributed by atoms with E-state index in [0.29, 0.717) is 11.1 Å². The van der Waals surface area contributed by atoms with Gasteiger partial charge in [0.1, 0.15) is 6.29 Å². The molecule has 1 amide bonds. The number of rotatable bonds is 3. The quantitative estimate of drug-likeness (QED) is 0.748. The zero-order valence-corrected chi connectivity index (χ0v) is 12.2. The predicted molar refractivity (Wildman–Crippen MR) is 88.2 cm³/mol. The molecule has 0 unspecified atom stereocenters. The molecule has 0 heterocycles. The van der Waals surface area contributed by atoms with Gasteiger partial charge in [-0.2, -0.15) is 0 Å². The summed E-state index contributed by atoms with van der Waals surface area (Å²) >= 11 is 0.